The van der Waals surface area contributed by atoms with Crippen LogP contribution in [0.15, 0.2) is 12.1 Å². The zero-order valence-corrected chi connectivity index (χ0v) is 13.1. The van der Waals surface area contributed by atoms with E-state index >= 15 is 0 Å². The normalized spacial score (nSPS) is 10.3. The van der Waals surface area contributed by atoms with E-state index < -0.39 is 0 Å². The maximum Gasteiger partial charge on any atom is 0.163 e. The Morgan fingerprint density at radius 1 is 1.00 bits per heavy atom. The van der Waals surface area contributed by atoms with Crippen LogP contribution in [0, 0.1) is 5.41 Å². The Labute approximate surface area is 125 Å². The number of nitrogens with one attached hydrogen (secondary N) is 2. The van der Waals surface area contributed by atoms with E-state index in [1.807, 2.05) is 19.2 Å². The van der Waals surface area contributed by atoms with Gasteiger partial charge in [0.25, 0.3) is 0 Å². The predicted octanol–water partition coefficient (Wildman–Crippen LogP) is 2.17. The number of rotatable bonds is 10. The monoisotopic (exact) mass is 296 g/mol. The molecule has 0 aliphatic rings. The number of hydrogen-bond donors (Lipinski definition) is 2. The highest BCUT2D eigenvalue weighted by molar-refractivity contribution is 6.02. The van der Waals surface area contributed by atoms with E-state index in [0.717, 1.165) is 11.3 Å². The number of ether oxygens (including phenoxy) is 4. The molecule has 2 N–H and O–H groups in total. The first-order valence-corrected chi connectivity index (χ1v) is 6.78. The number of hydrogen-bond acceptors (Lipinski definition) is 6. The standard InChI is InChI=1S/C15H24N2O4/c1-11(16)12-9-14(20-7-5-18-3)15(10-13(12)17-2)21-8-6-19-4/h9-10,16-17H,5-8H2,1-4H3. The van der Waals surface area contributed by atoms with E-state index in [1.165, 1.54) is 0 Å². The van der Waals surface area contributed by atoms with Gasteiger partial charge in [0, 0.05) is 44.3 Å². The number of anilines is 1. The molecule has 0 atom stereocenters. The van der Waals surface area contributed by atoms with Crippen LogP contribution in [0.1, 0.15) is 12.5 Å². The van der Waals surface area contributed by atoms with Crippen LogP contribution in [0.4, 0.5) is 5.69 Å². The molecule has 6 nitrogen and oxygen atoms in total. The highest BCUT2D eigenvalue weighted by atomic mass is 16.5. The molecule has 0 bridgehead atoms. The predicted molar refractivity (Wildman–Crippen MR) is 83.2 cm³/mol. The molecule has 0 radical (unpaired) electrons. The minimum absolute atomic E-state index is 0.423. The molecule has 1 rings (SSSR count). The van der Waals surface area contributed by atoms with Crippen LogP contribution in [0.5, 0.6) is 11.5 Å². The third-order valence-corrected chi connectivity index (χ3v) is 2.85. The molecular formula is C15H24N2O4. The second kappa shape index (κ2) is 9.20. The van der Waals surface area contributed by atoms with Crippen LogP contribution in [0.25, 0.3) is 0 Å². The second-order valence-electron chi connectivity index (χ2n) is 4.40. The number of benzene rings is 1. The Balaban J connectivity index is 3.01. The molecule has 0 aliphatic heterocycles. The van der Waals surface area contributed by atoms with Gasteiger partial charge in [-0.05, 0) is 13.0 Å². The first-order valence-electron chi connectivity index (χ1n) is 6.78. The van der Waals surface area contributed by atoms with Gasteiger partial charge < -0.3 is 29.7 Å². The van der Waals surface area contributed by atoms with Crippen LogP contribution >= 0.6 is 0 Å². The van der Waals surface area contributed by atoms with Crippen molar-refractivity contribution in [2.75, 3.05) is 53.0 Å². The lowest BCUT2D eigenvalue weighted by Crippen LogP contribution is -2.10. The molecule has 1 aromatic carbocycles. The van der Waals surface area contributed by atoms with Crippen LogP contribution in [0.3, 0.4) is 0 Å². The highest BCUT2D eigenvalue weighted by Crippen LogP contribution is 2.34. The lowest BCUT2D eigenvalue weighted by molar-refractivity contribution is 0.132. The van der Waals surface area contributed by atoms with Crippen molar-refractivity contribution in [3.8, 4) is 11.5 Å². The van der Waals surface area contributed by atoms with Gasteiger partial charge in [0.15, 0.2) is 11.5 Å². The Morgan fingerprint density at radius 3 is 1.95 bits per heavy atom. The smallest absolute Gasteiger partial charge is 0.163 e. The van der Waals surface area contributed by atoms with Crippen molar-refractivity contribution < 1.29 is 18.9 Å². The van der Waals surface area contributed by atoms with Gasteiger partial charge in [-0.3, -0.25) is 0 Å². The molecule has 0 aliphatic carbocycles. The van der Waals surface area contributed by atoms with Gasteiger partial charge in [-0.2, -0.15) is 0 Å². The van der Waals surface area contributed by atoms with E-state index in [1.54, 1.807) is 21.1 Å². The molecule has 6 heteroatoms. The lowest BCUT2D eigenvalue weighted by atomic mass is 10.1. The van der Waals surface area contributed by atoms with E-state index in [9.17, 15) is 0 Å². The Kier molecular flexibility index (Phi) is 7.56. The average molecular weight is 296 g/mol. The minimum Gasteiger partial charge on any atom is -0.487 e. The van der Waals surface area contributed by atoms with Gasteiger partial charge in [-0.15, -0.1) is 0 Å². The first-order chi connectivity index (χ1) is 10.1. The van der Waals surface area contributed by atoms with Gasteiger partial charge in [-0.1, -0.05) is 0 Å². The van der Waals surface area contributed by atoms with Crippen LogP contribution in [-0.4, -0.2) is 53.4 Å². The van der Waals surface area contributed by atoms with Gasteiger partial charge in [-0.25, -0.2) is 0 Å². The van der Waals surface area contributed by atoms with E-state index in [2.05, 4.69) is 5.32 Å². The molecule has 0 amide bonds. The maximum atomic E-state index is 7.85. The van der Waals surface area contributed by atoms with Gasteiger partial charge in [0.1, 0.15) is 13.2 Å². The van der Waals surface area contributed by atoms with E-state index in [-0.39, 0.29) is 0 Å². The topological polar surface area (TPSA) is 72.8 Å². The molecule has 0 spiro atoms. The summed E-state index contributed by atoms with van der Waals surface area (Å²) in [5, 5.41) is 10.9. The zero-order chi connectivity index (χ0) is 15.7. The van der Waals surface area contributed by atoms with Crippen molar-refractivity contribution in [3.05, 3.63) is 17.7 Å². The quantitative estimate of drug-likeness (QED) is 0.511. The summed E-state index contributed by atoms with van der Waals surface area (Å²) in [6.07, 6.45) is 0. The SMILES string of the molecule is CNc1cc(OCCOC)c(OCCOC)cc1C(C)=N. The van der Waals surface area contributed by atoms with Gasteiger partial charge in [0.2, 0.25) is 0 Å². The molecule has 0 fully saturated rings. The minimum atomic E-state index is 0.423. The van der Waals surface area contributed by atoms with E-state index in [0.29, 0.717) is 43.6 Å². The summed E-state index contributed by atoms with van der Waals surface area (Å²) in [5.41, 5.74) is 2.07. The summed E-state index contributed by atoms with van der Waals surface area (Å²) >= 11 is 0. The number of methoxy groups -OCH3 is 2. The van der Waals surface area contributed by atoms with Crippen molar-refractivity contribution in [2.45, 2.75) is 6.92 Å². The van der Waals surface area contributed by atoms with Gasteiger partial charge in [0.05, 0.1) is 13.2 Å². The molecule has 118 valence electrons. The molecular weight excluding hydrogens is 272 g/mol. The fourth-order valence-electron chi connectivity index (χ4n) is 1.77. The van der Waals surface area contributed by atoms with Crippen LogP contribution < -0.4 is 14.8 Å². The molecule has 21 heavy (non-hydrogen) atoms. The van der Waals surface area contributed by atoms with E-state index in [4.69, 9.17) is 24.4 Å². The summed E-state index contributed by atoms with van der Waals surface area (Å²) in [6, 6.07) is 3.65. The largest absolute Gasteiger partial charge is 0.487 e. The summed E-state index contributed by atoms with van der Waals surface area (Å²) in [7, 11) is 5.06. The summed E-state index contributed by atoms with van der Waals surface area (Å²) < 4.78 is 21.3. The Bertz CT molecular complexity index is 463. The zero-order valence-electron chi connectivity index (χ0n) is 13.1. The van der Waals surface area contributed by atoms with Crippen LogP contribution in [-0.2, 0) is 9.47 Å². The van der Waals surface area contributed by atoms with Crippen molar-refractivity contribution in [3.63, 3.8) is 0 Å². The average Bonchev–Trinajstić information content (AvgIpc) is 2.48. The molecule has 0 aromatic heterocycles. The third-order valence-electron chi connectivity index (χ3n) is 2.85. The molecule has 0 saturated carbocycles. The Morgan fingerprint density at radius 2 is 1.52 bits per heavy atom. The van der Waals surface area contributed by atoms with Crippen molar-refractivity contribution in [1.29, 1.82) is 5.41 Å². The van der Waals surface area contributed by atoms with Crippen LogP contribution in [0.2, 0.25) is 0 Å². The maximum absolute atomic E-state index is 7.85. The van der Waals surface area contributed by atoms with Gasteiger partial charge >= 0.3 is 0 Å². The molecule has 0 unspecified atom stereocenters. The highest BCUT2D eigenvalue weighted by Gasteiger charge is 2.13. The summed E-state index contributed by atoms with van der Waals surface area (Å²) in [4.78, 5) is 0. The molecule has 0 heterocycles. The fraction of sp³-hybridized carbons (Fsp3) is 0.533. The molecule has 0 saturated heterocycles. The summed E-state index contributed by atoms with van der Waals surface area (Å²) in [5.74, 6) is 1.22. The van der Waals surface area contributed by atoms with Crippen molar-refractivity contribution in [2.24, 2.45) is 0 Å². The molecule has 1 aromatic rings. The lowest BCUT2D eigenvalue weighted by Gasteiger charge is -2.17. The first kappa shape index (κ1) is 17.3. The van der Waals surface area contributed by atoms with Crippen molar-refractivity contribution in [1.82, 2.24) is 0 Å². The third kappa shape index (κ3) is 5.24. The Hall–Kier alpha value is -1.79. The fourth-order valence-corrected chi connectivity index (χ4v) is 1.77. The summed E-state index contributed by atoms with van der Waals surface area (Å²) in [6.45, 7) is 3.58. The second-order valence-corrected chi connectivity index (χ2v) is 4.40. The van der Waals surface area contributed by atoms with Crippen molar-refractivity contribution >= 4 is 11.4 Å².